The molecule has 1 N–H and O–H groups in total. The molecular formula is C17H26O. The molecule has 2 unspecified atom stereocenters. The summed E-state index contributed by atoms with van der Waals surface area (Å²) < 4.78 is 0. The van der Waals surface area contributed by atoms with Gasteiger partial charge in [-0.2, -0.15) is 0 Å². The maximum atomic E-state index is 11.1. The lowest BCUT2D eigenvalue weighted by Gasteiger charge is -2.41. The van der Waals surface area contributed by atoms with Crippen molar-refractivity contribution in [3.05, 3.63) is 23.8 Å². The first-order chi connectivity index (χ1) is 8.69. The molecule has 1 nitrogen and oxygen atoms in total. The molecule has 3 rings (SSSR count). The highest BCUT2D eigenvalue weighted by atomic mass is 16.3. The fraction of sp³-hybridized carbons (Fsp3) is 0.765. The van der Waals surface area contributed by atoms with E-state index in [1.54, 1.807) is 0 Å². The zero-order valence-electron chi connectivity index (χ0n) is 11.6. The molecule has 0 spiro atoms. The molecular weight excluding hydrogens is 220 g/mol. The number of hydrogen-bond acceptors (Lipinski definition) is 1. The van der Waals surface area contributed by atoms with Gasteiger partial charge in [0.1, 0.15) is 0 Å². The molecule has 2 saturated carbocycles. The highest BCUT2D eigenvalue weighted by Crippen LogP contribution is 2.47. The van der Waals surface area contributed by atoms with Crippen LogP contribution >= 0.6 is 0 Å². The van der Waals surface area contributed by atoms with E-state index in [1.165, 1.54) is 56.9 Å². The zero-order valence-corrected chi connectivity index (χ0v) is 11.6. The third kappa shape index (κ3) is 2.07. The number of aliphatic hydroxyl groups is 1. The summed E-state index contributed by atoms with van der Waals surface area (Å²) in [4.78, 5) is 0. The molecule has 0 aliphatic heterocycles. The molecule has 2 fully saturated rings. The van der Waals surface area contributed by atoms with Gasteiger partial charge < -0.3 is 5.11 Å². The third-order valence-corrected chi connectivity index (χ3v) is 5.53. The second-order valence-corrected chi connectivity index (χ2v) is 6.71. The van der Waals surface area contributed by atoms with E-state index >= 15 is 0 Å². The van der Waals surface area contributed by atoms with Crippen LogP contribution in [-0.4, -0.2) is 10.7 Å². The minimum Gasteiger partial charge on any atom is -0.385 e. The summed E-state index contributed by atoms with van der Waals surface area (Å²) >= 11 is 0. The van der Waals surface area contributed by atoms with Crippen LogP contribution < -0.4 is 0 Å². The molecule has 3 aliphatic rings. The zero-order chi connectivity index (χ0) is 12.6. The van der Waals surface area contributed by atoms with E-state index in [0.717, 1.165) is 0 Å². The van der Waals surface area contributed by atoms with Gasteiger partial charge in [-0.15, -0.1) is 0 Å². The fourth-order valence-electron chi connectivity index (χ4n) is 4.55. The molecule has 0 radical (unpaired) electrons. The fourth-order valence-corrected chi connectivity index (χ4v) is 4.55. The van der Waals surface area contributed by atoms with Crippen molar-refractivity contribution in [3.63, 3.8) is 0 Å². The predicted octanol–water partition coefficient (Wildman–Crippen LogP) is 4.23. The van der Waals surface area contributed by atoms with Crippen LogP contribution in [0.1, 0.15) is 58.3 Å². The van der Waals surface area contributed by atoms with Crippen LogP contribution in [0.2, 0.25) is 0 Å². The van der Waals surface area contributed by atoms with Crippen molar-refractivity contribution >= 4 is 0 Å². The van der Waals surface area contributed by atoms with Crippen LogP contribution in [0, 0.1) is 17.8 Å². The van der Waals surface area contributed by atoms with Crippen molar-refractivity contribution in [2.75, 3.05) is 0 Å². The maximum Gasteiger partial charge on any atom is 0.0899 e. The molecule has 0 saturated heterocycles. The van der Waals surface area contributed by atoms with Crippen molar-refractivity contribution in [3.8, 4) is 0 Å². The molecule has 0 bridgehead atoms. The Morgan fingerprint density at radius 2 is 1.67 bits per heavy atom. The summed E-state index contributed by atoms with van der Waals surface area (Å²) in [6, 6.07) is 0. The monoisotopic (exact) mass is 246 g/mol. The van der Waals surface area contributed by atoms with Crippen molar-refractivity contribution in [2.45, 2.75) is 63.9 Å². The van der Waals surface area contributed by atoms with Crippen molar-refractivity contribution in [2.24, 2.45) is 17.8 Å². The average Bonchev–Trinajstić information content (AvgIpc) is 3.01. The predicted molar refractivity (Wildman–Crippen MR) is 75.3 cm³/mol. The van der Waals surface area contributed by atoms with Crippen molar-refractivity contribution < 1.29 is 5.11 Å². The lowest BCUT2D eigenvalue weighted by atomic mass is 9.68. The molecule has 2 atom stereocenters. The summed E-state index contributed by atoms with van der Waals surface area (Å²) in [6.07, 6.45) is 17.3. The molecule has 0 aromatic heterocycles. The Kier molecular flexibility index (Phi) is 3.36. The topological polar surface area (TPSA) is 20.2 Å². The van der Waals surface area contributed by atoms with Crippen LogP contribution in [-0.2, 0) is 0 Å². The Hall–Kier alpha value is -0.560. The molecule has 18 heavy (non-hydrogen) atoms. The van der Waals surface area contributed by atoms with E-state index in [2.05, 4.69) is 25.2 Å². The van der Waals surface area contributed by atoms with Crippen LogP contribution in [0.4, 0.5) is 0 Å². The van der Waals surface area contributed by atoms with Gasteiger partial charge in [-0.05, 0) is 50.0 Å². The van der Waals surface area contributed by atoms with Gasteiger partial charge in [0.05, 0.1) is 5.60 Å². The average molecular weight is 246 g/mol. The maximum absolute atomic E-state index is 11.1. The van der Waals surface area contributed by atoms with E-state index in [0.29, 0.717) is 17.8 Å². The van der Waals surface area contributed by atoms with Crippen LogP contribution in [0.15, 0.2) is 23.8 Å². The van der Waals surface area contributed by atoms with E-state index in [1.807, 2.05) is 0 Å². The molecule has 1 heteroatoms. The quantitative estimate of drug-likeness (QED) is 0.773. The molecule has 0 aromatic carbocycles. The lowest BCUT2D eigenvalue weighted by Crippen LogP contribution is -2.42. The van der Waals surface area contributed by atoms with Gasteiger partial charge in [-0.3, -0.25) is 0 Å². The highest BCUT2D eigenvalue weighted by Gasteiger charge is 2.43. The van der Waals surface area contributed by atoms with E-state index in [-0.39, 0.29) is 0 Å². The van der Waals surface area contributed by atoms with Gasteiger partial charge in [-0.25, -0.2) is 0 Å². The van der Waals surface area contributed by atoms with Gasteiger partial charge in [0.15, 0.2) is 0 Å². The van der Waals surface area contributed by atoms with Crippen LogP contribution in [0.25, 0.3) is 0 Å². The summed E-state index contributed by atoms with van der Waals surface area (Å²) in [5.41, 5.74) is 0.748. The van der Waals surface area contributed by atoms with E-state index in [4.69, 9.17) is 0 Å². The van der Waals surface area contributed by atoms with E-state index < -0.39 is 5.60 Å². The Morgan fingerprint density at radius 1 is 1.06 bits per heavy atom. The first-order valence-electron chi connectivity index (χ1n) is 7.81. The van der Waals surface area contributed by atoms with Gasteiger partial charge in [-0.1, -0.05) is 43.9 Å². The van der Waals surface area contributed by atoms with Gasteiger partial charge in [0.25, 0.3) is 0 Å². The standard InChI is InChI=1S/C17H26O/c1-17(18)15(13-7-2-3-8-13)11-6-12-16(17)14-9-4-5-10-14/h6,11-15,18H,2-5,7-10H2,1H3. The Bertz CT molecular complexity index is 352. The molecule has 3 aliphatic carbocycles. The Labute approximate surface area is 111 Å². The number of rotatable bonds is 2. The Morgan fingerprint density at radius 3 is 2.33 bits per heavy atom. The van der Waals surface area contributed by atoms with Gasteiger partial charge in [0, 0.05) is 5.92 Å². The molecule has 0 heterocycles. The first kappa shape index (κ1) is 12.5. The Balaban J connectivity index is 1.82. The first-order valence-corrected chi connectivity index (χ1v) is 7.81. The van der Waals surface area contributed by atoms with Crippen LogP contribution in [0.5, 0.6) is 0 Å². The molecule has 100 valence electrons. The summed E-state index contributed by atoms with van der Waals surface area (Å²) in [5.74, 6) is 1.72. The SMILES string of the molecule is CC1(O)C(C2CCCC2)=CC=CC1C1CCCC1. The molecule has 0 amide bonds. The van der Waals surface area contributed by atoms with Crippen molar-refractivity contribution in [1.82, 2.24) is 0 Å². The number of hydrogen-bond donors (Lipinski definition) is 1. The smallest absolute Gasteiger partial charge is 0.0899 e. The third-order valence-electron chi connectivity index (χ3n) is 5.53. The van der Waals surface area contributed by atoms with Crippen LogP contribution in [0.3, 0.4) is 0 Å². The van der Waals surface area contributed by atoms with Crippen molar-refractivity contribution in [1.29, 1.82) is 0 Å². The highest BCUT2D eigenvalue weighted by molar-refractivity contribution is 5.32. The number of allylic oxidation sites excluding steroid dienone is 2. The second kappa shape index (κ2) is 4.85. The molecule has 0 aromatic rings. The minimum absolute atomic E-state index is 0.362. The van der Waals surface area contributed by atoms with E-state index in [9.17, 15) is 5.11 Å². The second-order valence-electron chi connectivity index (χ2n) is 6.71. The largest absolute Gasteiger partial charge is 0.385 e. The normalized spacial score (nSPS) is 38.3. The summed E-state index contributed by atoms with van der Waals surface area (Å²) in [5, 5.41) is 11.1. The lowest BCUT2D eigenvalue weighted by molar-refractivity contribution is 0.0192. The van der Waals surface area contributed by atoms with Gasteiger partial charge >= 0.3 is 0 Å². The summed E-state index contributed by atoms with van der Waals surface area (Å²) in [6.45, 7) is 2.07. The minimum atomic E-state index is -0.585. The van der Waals surface area contributed by atoms with Gasteiger partial charge in [0.2, 0.25) is 0 Å². The summed E-state index contributed by atoms with van der Waals surface area (Å²) in [7, 11) is 0.